The van der Waals surface area contributed by atoms with E-state index in [1.54, 1.807) is 18.3 Å². The molecule has 1 aromatic carbocycles. The van der Waals surface area contributed by atoms with Gasteiger partial charge >= 0.3 is 5.97 Å². The number of amides is 1. The van der Waals surface area contributed by atoms with Crippen molar-refractivity contribution in [3.8, 4) is 0 Å². The molecule has 116 valence electrons. The number of nitrogens with one attached hydrogen (secondary N) is 2. The topological polar surface area (TPSA) is 71.2 Å². The first-order valence-electron chi connectivity index (χ1n) is 6.18. The van der Waals surface area contributed by atoms with E-state index >= 15 is 0 Å². The van der Waals surface area contributed by atoms with E-state index in [1.165, 1.54) is 19.1 Å². The van der Waals surface area contributed by atoms with E-state index in [0.717, 1.165) is 0 Å². The number of carbonyl (C=O) groups is 2. The smallest absolute Gasteiger partial charge is 0.355 e. The molecule has 0 saturated heterocycles. The molecule has 0 bridgehead atoms. The van der Waals surface area contributed by atoms with Crippen molar-refractivity contribution >= 4 is 52.4 Å². The van der Waals surface area contributed by atoms with Crippen molar-refractivity contribution in [3.05, 3.63) is 51.2 Å². The Kier molecular flexibility index (Phi) is 5.34. The van der Waals surface area contributed by atoms with E-state index in [9.17, 15) is 9.59 Å². The third-order valence-electron chi connectivity index (χ3n) is 2.73. The number of hydrogen-bond donors (Lipinski definition) is 2. The second-order valence-corrected chi connectivity index (χ2v) is 5.62. The lowest BCUT2D eigenvalue weighted by Crippen LogP contribution is -2.30. The first kappa shape index (κ1) is 16.7. The molecule has 2 N–H and O–H groups in total. The highest BCUT2D eigenvalue weighted by Gasteiger charge is 2.21. The molecule has 2 aromatic rings. The van der Waals surface area contributed by atoms with Crippen LogP contribution in [0.4, 0.5) is 5.69 Å². The van der Waals surface area contributed by atoms with Crippen molar-refractivity contribution in [2.75, 3.05) is 5.32 Å². The molecule has 0 aliphatic rings. The second kappa shape index (κ2) is 7.05. The Morgan fingerprint density at radius 1 is 1.23 bits per heavy atom. The van der Waals surface area contributed by atoms with Gasteiger partial charge in [0.2, 0.25) is 0 Å². The standard InChI is InChI=1S/C14H11Cl3N2O3/c1-7(22-14(21)11-3-2-4-18-11)13(20)19-12-9(16)5-8(15)6-10(12)17/h2-7,18H,1H3,(H,19,20)/t7-/m0/s1. The largest absolute Gasteiger partial charge is 0.448 e. The summed E-state index contributed by atoms with van der Waals surface area (Å²) in [5, 5.41) is 3.23. The average molecular weight is 362 g/mol. The number of aromatic amines is 1. The Morgan fingerprint density at radius 2 is 1.86 bits per heavy atom. The highest BCUT2D eigenvalue weighted by molar-refractivity contribution is 6.42. The molecule has 0 fully saturated rings. The minimum atomic E-state index is -1.03. The minimum Gasteiger partial charge on any atom is -0.448 e. The normalized spacial score (nSPS) is 11.8. The van der Waals surface area contributed by atoms with E-state index in [1.807, 2.05) is 0 Å². The molecule has 5 nitrogen and oxygen atoms in total. The first-order chi connectivity index (χ1) is 10.4. The number of esters is 1. The molecule has 0 saturated carbocycles. The maximum atomic E-state index is 12.1. The lowest BCUT2D eigenvalue weighted by molar-refractivity contribution is -0.123. The van der Waals surface area contributed by atoms with Crippen molar-refractivity contribution in [1.82, 2.24) is 4.98 Å². The van der Waals surface area contributed by atoms with Gasteiger partial charge < -0.3 is 15.0 Å². The minimum absolute atomic E-state index is 0.189. The quantitative estimate of drug-likeness (QED) is 0.803. The second-order valence-electron chi connectivity index (χ2n) is 4.37. The van der Waals surface area contributed by atoms with Gasteiger partial charge in [-0.3, -0.25) is 4.79 Å². The third kappa shape index (κ3) is 3.94. The van der Waals surface area contributed by atoms with Gasteiger partial charge in [-0.1, -0.05) is 34.8 Å². The molecule has 1 amide bonds. The fraction of sp³-hybridized carbons (Fsp3) is 0.143. The van der Waals surface area contributed by atoms with Crippen molar-refractivity contribution < 1.29 is 14.3 Å². The monoisotopic (exact) mass is 360 g/mol. The van der Waals surface area contributed by atoms with E-state index in [0.29, 0.717) is 5.02 Å². The summed E-state index contributed by atoms with van der Waals surface area (Å²) >= 11 is 17.7. The zero-order chi connectivity index (χ0) is 16.3. The fourth-order valence-electron chi connectivity index (χ4n) is 1.62. The molecule has 1 atom stereocenters. The van der Waals surface area contributed by atoms with Gasteiger partial charge in [-0.2, -0.15) is 0 Å². The van der Waals surface area contributed by atoms with Gasteiger partial charge in [0, 0.05) is 11.2 Å². The summed E-state index contributed by atoms with van der Waals surface area (Å²) in [6.45, 7) is 1.44. The van der Waals surface area contributed by atoms with Crippen LogP contribution in [0.25, 0.3) is 0 Å². The van der Waals surface area contributed by atoms with Crippen molar-refractivity contribution in [2.24, 2.45) is 0 Å². The van der Waals surface area contributed by atoms with Crippen LogP contribution in [0, 0.1) is 0 Å². The fourth-order valence-corrected chi connectivity index (χ4v) is 2.53. The van der Waals surface area contributed by atoms with Gasteiger partial charge in [-0.15, -0.1) is 0 Å². The Hall–Kier alpha value is -1.69. The lowest BCUT2D eigenvalue weighted by atomic mass is 10.3. The number of carbonyl (C=O) groups excluding carboxylic acids is 2. The molecule has 0 radical (unpaired) electrons. The number of benzene rings is 1. The van der Waals surface area contributed by atoms with Crippen molar-refractivity contribution in [1.29, 1.82) is 0 Å². The molecular weight excluding hydrogens is 351 g/mol. The lowest BCUT2D eigenvalue weighted by Gasteiger charge is -2.15. The Morgan fingerprint density at radius 3 is 2.41 bits per heavy atom. The molecule has 22 heavy (non-hydrogen) atoms. The highest BCUT2D eigenvalue weighted by Crippen LogP contribution is 2.33. The van der Waals surface area contributed by atoms with E-state index in [4.69, 9.17) is 39.5 Å². The molecule has 0 spiro atoms. The number of H-pyrrole nitrogens is 1. The van der Waals surface area contributed by atoms with Crippen LogP contribution in [-0.2, 0) is 9.53 Å². The summed E-state index contributed by atoms with van der Waals surface area (Å²) < 4.78 is 5.04. The Balaban J connectivity index is 2.04. The zero-order valence-corrected chi connectivity index (χ0v) is 13.6. The number of hydrogen-bond acceptors (Lipinski definition) is 3. The molecule has 0 unspecified atom stereocenters. The Labute approximate surface area is 141 Å². The van der Waals surface area contributed by atoms with Crippen LogP contribution in [0.5, 0.6) is 0 Å². The van der Waals surface area contributed by atoms with Crippen LogP contribution >= 0.6 is 34.8 Å². The van der Waals surface area contributed by atoms with Crippen LogP contribution in [0.3, 0.4) is 0 Å². The SMILES string of the molecule is C[C@H](OC(=O)c1ccc[nH]1)C(=O)Nc1c(Cl)cc(Cl)cc1Cl. The van der Waals surface area contributed by atoms with Crippen LogP contribution in [0.15, 0.2) is 30.5 Å². The van der Waals surface area contributed by atoms with Crippen LogP contribution in [-0.4, -0.2) is 23.0 Å². The summed E-state index contributed by atoms with van der Waals surface area (Å²) in [5.41, 5.74) is 0.461. The summed E-state index contributed by atoms with van der Waals surface area (Å²) in [6, 6.07) is 6.08. The summed E-state index contributed by atoms with van der Waals surface area (Å²) in [4.78, 5) is 26.5. The van der Waals surface area contributed by atoms with Gasteiger partial charge in [0.25, 0.3) is 5.91 Å². The average Bonchev–Trinajstić information content (AvgIpc) is 2.96. The number of ether oxygens (including phenoxy) is 1. The Bertz CT molecular complexity index is 678. The maximum Gasteiger partial charge on any atom is 0.355 e. The molecule has 1 heterocycles. The number of halogens is 3. The predicted molar refractivity (Wildman–Crippen MR) is 85.8 cm³/mol. The van der Waals surface area contributed by atoms with E-state index in [-0.39, 0.29) is 21.4 Å². The summed E-state index contributed by atoms with van der Waals surface area (Å²) in [6.07, 6.45) is 0.549. The number of anilines is 1. The predicted octanol–water partition coefficient (Wildman–Crippen LogP) is 4.16. The van der Waals surface area contributed by atoms with E-state index in [2.05, 4.69) is 10.3 Å². The van der Waals surface area contributed by atoms with Crippen LogP contribution < -0.4 is 5.32 Å². The van der Waals surface area contributed by atoms with Crippen molar-refractivity contribution in [2.45, 2.75) is 13.0 Å². The molecule has 2 rings (SSSR count). The van der Waals surface area contributed by atoms with Gasteiger partial charge in [0.15, 0.2) is 6.10 Å². The molecular formula is C14H11Cl3N2O3. The summed E-state index contributed by atoms with van der Waals surface area (Å²) in [7, 11) is 0. The van der Waals surface area contributed by atoms with Gasteiger partial charge in [0.1, 0.15) is 5.69 Å². The van der Waals surface area contributed by atoms with E-state index < -0.39 is 18.0 Å². The maximum absolute atomic E-state index is 12.1. The first-order valence-corrected chi connectivity index (χ1v) is 7.31. The van der Waals surface area contributed by atoms with Gasteiger partial charge in [-0.25, -0.2) is 4.79 Å². The molecule has 0 aliphatic carbocycles. The highest BCUT2D eigenvalue weighted by atomic mass is 35.5. The number of rotatable bonds is 4. The van der Waals surface area contributed by atoms with Crippen LogP contribution in [0.1, 0.15) is 17.4 Å². The number of aromatic nitrogens is 1. The van der Waals surface area contributed by atoms with Crippen LogP contribution in [0.2, 0.25) is 15.1 Å². The van der Waals surface area contributed by atoms with Gasteiger partial charge in [0.05, 0.1) is 15.7 Å². The molecule has 8 heteroatoms. The zero-order valence-electron chi connectivity index (χ0n) is 11.3. The third-order valence-corrected chi connectivity index (χ3v) is 3.54. The molecule has 1 aromatic heterocycles. The summed E-state index contributed by atoms with van der Waals surface area (Å²) in [5.74, 6) is -1.20. The van der Waals surface area contributed by atoms with Crippen molar-refractivity contribution in [3.63, 3.8) is 0 Å². The van der Waals surface area contributed by atoms with Gasteiger partial charge in [-0.05, 0) is 31.2 Å². The molecule has 0 aliphatic heterocycles.